The van der Waals surface area contributed by atoms with Crippen LogP contribution in [0.1, 0.15) is 32.0 Å². The lowest BCUT2D eigenvalue weighted by molar-refractivity contribution is 0.262. The third kappa shape index (κ3) is 4.47. The third-order valence-corrected chi connectivity index (χ3v) is 3.90. The molecule has 0 saturated heterocycles. The summed E-state index contributed by atoms with van der Waals surface area (Å²) in [4.78, 5) is 16.4. The molecule has 2 amide bonds. The third-order valence-electron chi connectivity index (χ3n) is 3.90. The van der Waals surface area contributed by atoms with Gasteiger partial charge in [-0.15, -0.1) is 0 Å². The number of urea groups is 1. The second kappa shape index (κ2) is 7.39. The number of benzene rings is 1. The molecule has 0 spiro atoms. The Bertz CT molecular complexity index is 866. The Hall–Kier alpha value is -3.15. The highest BCUT2D eigenvalue weighted by molar-refractivity contribution is 5.99. The van der Waals surface area contributed by atoms with Gasteiger partial charge in [0.05, 0.1) is 12.2 Å². The van der Waals surface area contributed by atoms with Crippen LogP contribution in [0.3, 0.4) is 0 Å². The van der Waals surface area contributed by atoms with Crippen molar-refractivity contribution in [1.82, 2.24) is 14.8 Å². The summed E-state index contributed by atoms with van der Waals surface area (Å²) in [6.45, 7) is 6.85. The van der Waals surface area contributed by atoms with E-state index in [9.17, 15) is 4.79 Å². The van der Waals surface area contributed by atoms with E-state index in [1.807, 2.05) is 48.5 Å². The Morgan fingerprint density at radius 1 is 1.04 bits per heavy atom. The smallest absolute Gasteiger partial charge is 0.308 e. The number of nitrogens with one attached hydrogen (secondary N) is 2. The van der Waals surface area contributed by atoms with Gasteiger partial charge in [-0.1, -0.05) is 39.0 Å². The van der Waals surface area contributed by atoms with Crippen molar-refractivity contribution in [3.05, 3.63) is 72.2 Å². The van der Waals surface area contributed by atoms with Gasteiger partial charge in [0.25, 0.3) is 0 Å². The van der Waals surface area contributed by atoms with Gasteiger partial charge < -0.3 is 5.32 Å². The predicted octanol–water partition coefficient (Wildman–Crippen LogP) is 4.27. The number of pyridine rings is 1. The topological polar surface area (TPSA) is 71.8 Å². The zero-order chi connectivity index (χ0) is 18.6. The number of hydrogen-bond donors (Lipinski definition) is 2. The minimum Gasteiger partial charge on any atom is -0.308 e. The van der Waals surface area contributed by atoms with Crippen molar-refractivity contribution < 1.29 is 4.79 Å². The van der Waals surface area contributed by atoms with Gasteiger partial charge in [0.2, 0.25) is 0 Å². The van der Waals surface area contributed by atoms with E-state index in [4.69, 9.17) is 5.10 Å². The molecule has 0 unspecified atom stereocenters. The van der Waals surface area contributed by atoms with Crippen LogP contribution in [0.5, 0.6) is 0 Å². The van der Waals surface area contributed by atoms with Crippen LogP contribution in [0.25, 0.3) is 0 Å². The SMILES string of the molecule is CC(C)(C)c1cc(NC(=O)Nc2ccccc2)n(Cc2ccncc2)n1. The summed E-state index contributed by atoms with van der Waals surface area (Å²) >= 11 is 0. The highest BCUT2D eigenvalue weighted by atomic mass is 16.2. The lowest BCUT2D eigenvalue weighted by Crippen LogP contribution is -2.21. The van der Waals surface area contributed by atoms with Crippen LogP contribution in [-0.2, 0) is 12.0 Å². The number of aromatic nitrogens is 3. The second-order valence-corrected chi connectivity index (χ2v) is 7.12. The zero-order valence-corrected chi connectivity index (χ0v) is 15.2. The monoisotopic (exact) mass is 349 g/mol. The van der Waals surface area contributed by atoms with Crippen molar-refractivity contribution in [2.45, 2.75) is 32.7 Å². The summed E-state index contributed by atoms with van der Waals surface area (Å²) in [5.74, 6) is 0.653. The van der Waals surface area contributed by atoms with Gasteiger partial charge in [-0.3, -0.25) is 10.3 Å². The van der Waals surface area contributed by atoms with Crippen molar-refractivity contribution in [3.63, 3.8) is 0 Å². The summed E-state index contributed by atoms with van der Waals surface area (Å²) < 4.78 is 1.81. The lowest BCUT2D eigenvalue weighted by Gasteiger charge is -2.14. The molecule has 0 saturated carbocycles. The molecule has 0 aliphatic rings. The Morgan fingerprint density at radius 2 is 1.73 bits per heavy atom. The molecule has 6 nitrogen and oxygen atoms in total. The van der Waals surface area contributed by atoms with E-state index < -0.39 is 0 Å². The Balaban J connectivity index is 1.82. The highest BCUT2D eigenvalue weighted by Crippen LogP contribution is 2.24. The van der Waals surface area contributed by atoms with Crippen LogP contribution in [-0.4, -0.2) is 20.8 Å². The van der Waals surface area contributed by atoms with Gasteiger partial charge in [0.1, 0.15) is 5.82 Å². The van der Waals surface area contributed by atoms with Gasteiger partial charge in [-0.25, -0.2) is 9.48 Å². The van der Waals surface area contributed by atoms with Crippen LogP contribution in [0, 0.1) is 0 Å². The summed E-state index contributed by atoms with van der Waals surface area (Å²) in [5, 5.41) is 10.4. The molecule has 134 valence electrons. The molecule has 0 atom stereocenters. The van der Waals surface area contributed by atoms with Crippen molar-refractivity contribution in [2.75, 3.05) is 10.6 Å². The summed E-state index contributed by atoms with van der Waals surface area (Å²) in [7, 11) is 0. The molecule has 3 rings (SSSR count). The molecule has 6 heteroatoms. The fraction of sp³-hybridized carbons (Fsp3) is 0.250. The van der Waals surface area contributed by atoms with Crippen LogP contribution < -0.4 is 10.6 Å². The van der Waals surface area contributed by atoms with E-state index in [1.165, 1.54) is 0 Å². The minimum absolute atomic E-state index is 0.115. The summed E-state index contributed by atoms with van der Waals surface area (Å²) in [6, 6.07) is 14.8. The zero-order valence-electron chi connectivity index (χ0n) is 15.2. The van der Waals surface area contributed by atoms with E-state index >= 15 is 0 Å². The Kier molecular flexibility index (Phi) is 5.02. The number of hydrogen-bond acceptors (Lipinski definition) is 3. The average Bonchev–Trinajstić information content (AvgIpc) is 2.99. The van der Waals surface area contributed by atoms with Crippen LogP contribution >= 0.6 is 0 Å². The molecule has 2 N–H and O–H groups in total. The maximum absolute atomic E-state index is 12.4. The van der Waals surface area contributed by atoms with E-state index in [0.29, 0.717) is 12.4 Å². The van der Waals surface area contributed by atoms with Gasteiger partial charge in [0.15, 0.2) is 0 Å². The second-order valence-electron chi connectivity index (χ2n) is 7.12. The number of carbonyl (C=O) groups is 1. The van der Waals surface area contributed by atoms with Crippen LogP contribution in [0.15, 0.2) is 60.9 Å². The van der Waals surface area contributed by atoms with Gasteiger partial charge >= 0.3 is 6.03 Å². The lowest BCUT2D eigenvalue weighted by atomic mass is 9.92. The van der Waals surface area contributed by atoms with Gasteiger partial charge in [0, 0.05) is 29.6 Å². The number of nitrogens with zero attached hydrogens (tertiary/aromatic N) is 3. The van der Waals surface area contributed by atoms with Crippen LogP contribution in [0.4, 0.5) is 16.3 Å². The minimum atomic E-state index is -0.299. The van der Waals surface area contributed by atoms with Crippen molar-refractivity contribution in [3.8, 4) is 0 Å². The van der Waals surface area contributed by atoms with E-state index in [0.717, 1.165) is 16.9 Å². The summed E-state index contributed by atoms with van der Waals surface area (Å²) in [5.41, 5.74) is 2.61. The molecule has 2 heterocycles. The number of para-hydroxylation sites is 1. The van der Waals surface area contributed by atoms with Crippen molar-refractivity contribution >= 4 is 17.5 Å². The first-order valence-electron chi connectivity index (χ1n) is 8.52. The molecule has 1 aromatic carbocycles. The molecule has 0 radical (unpaired) electrons. The molecule has 2 aromatic heterocycles. The van der Waals surface area contributed by atoms with Crippen molar-refractivity contribution in [1.29, 1.82) is 0 Å². The molecular weight excluding hydrogens is 326 g/mol. The molecule has 26 heavy (non-hydrogen) atoms. The van der Waals surface area contributed by atoms with Gasteiger partial charge in [-0.05, 0) is 29.8 Å². The number of carbonyl (C=O) groups excluding carboxylic acids is 1. The molecule has 3 aromatic rings. The maximum Gasteiger partial charge on any atom is 0.324 e. The van der Waals surface area contributed by atoms with Crippen LogP contribution in [0.2, 0.25) is 0 Å². The van der Waals surface area contributed by atoms with E-state index in [2.05, 4.69) is 36.4 Å². The Labute approximate surface area is 153 Å². The number of anilines is 2. The normalized spacial score (nSPS) is 11.2. The number of amides is 2. The van der Waals surface area contributed by atoms with E-state index in [1.54, 1.807) is 17.1 Å². The first kappa shape index (κ1) is 17.7. The summed E-state index contributed by atoms with van der Waals surface area (Å²) in [6.07, 6.45) is 3.50. The highest BCUT2D eigenvalue weighted by Gasteiger charge is 2.21. The maximum atomic E-state index is 12.4. The molecule has 0 fully saturated rings. The fourth-order valence-corrected chi connectivity index (χ4v) is 2.47. The van der Waals surface area contributed by atoms with Crippen molar-refractivity contribution in [2.24, 2.45) is 0 Å². The first-order valence-corrected chi connectivity index (χ1v) is 8.52. The number of rotatable bonds is 4. The molecule has 0 bridgehead atoms. The first-order chi connectivity index (χ1) is 12.4. The standard InChI is InChI=1S/C20H23N5O/c1-20(2,3)17-13-18(23-19(26)22-16-7-5-4-6-8-16)25(24-17)14-15-9-11-21-12-10-15/h4-13H,14H2,1-3H3,(H2,22,23,26). The predicted molar refractivity (Wildman–Crippen MR) is 103 cm³/mol. The quantitative estimate of drug-likeness (QED) is 0.739. The van der Waals surface area contributed by atoms with E-state index in [-0.39, 0.29) is 11.4 Å². The molecule has 0 aliphatic heterocycles. The average molecular weight is 349 g/mol. The van der Waals surface area contributed by atoms with Gasteiger partial charge in [-0.2, -0.15) is 5.10 Å². The Morgan fingerprint density at radius 3 is 2.38 bits per heavy atom. The largest absolute Gasteiger partial charge is 0.324 e. The molecule has 0 aliphatic carbocycles. The fourth-order valence-electron chi connectivity index (χ4n) is 2.47. The molecular formula is C20H23N5O.